The highest BCUT2D eigenvalue weighted by molar-refractivity contribution is 5.86. The summed E-state index contributed by atoms with van der Waals surface area (Å²) in [5.41, 5.74) is 8.05. The maximum absolute atomic E-state index is 5.98. The van der Waals surface area contributed by atoms with Crippen molar-refractivity contribution in [2.75, 3.05) is 18.0 Å². The lowest BCUT2D eigenvalue weighted by atomic mass is 10.1. The van der Waals surface area contributed by atoms with Gasteiger partial charge in [0.1, 0.15) is 0 Å². The summed E-state index contributed by atoms with van der Waals surface area (Å²) in [6, 6.07) is 17.0. The van der Waals surface area contributed by atoms with Gasteiger partial charge in [-0.1, -0.05) is 36.4 Å². The summed E-state index contributed by atoms with van der Waals surface area (Å²) in [6.07, 6.45) is 2.83. The minimum atomic E-state index is 0.230. The number of rotatable bonds is 2. The summed E-state index contributed by atoms with van der Waals surface area (Å²) in [7, 11) is 0. The second kappa shape index (κ2) is 5.39. The summed E-state index contributed by atoms with van der Waals surface area (Å²) >= 11 is 0. The molecule has 1 aliphatic rings. The number of nitrogens with zero attached hydrogens (tertiary/aromatic N) is 3. The first-order valence-corrected chi connectivity index (χ1v) is 7.62. The lowest BCUT2D eigenvalue weighted by Crippen LogP contribution is -2.27. The van der Waals surface area contributed by atoms with Crippen LogP contribution in [-0.4, -0.2) is 29.1 Å². The summed E-state index contributed by atoms with van der Waals surface area (Å²) in [4.78, 5) is 11.3. The molecule has 3 aromatic rings. The second-order valence-electron chi connectivity index (χ2n) is 5.80. The fourth-order valence-corrected chi connectivity index (χ4v) is 2.98. The van der Waals surface area contributed by atoms with Gasteiger partial charge in [0, 0.05) is 30.9 Å². The first-order chi connectivity index (χ1) is 10.8. The molecule has 1 saturated heterocycles. The molecule has 1 aliphatic heterocycles. The Morgan fingerprint density at radius 3 is 2.73 bits per heavy atom. The molecule has 0 bridgehead atoms. The molecule has 0 aliphatic carbocycles. The minimum Gasteiger partial charge on any atom is -0.339 e. The first-order valence-electron chi connectivity index (χ1n) is 7.62. The molecule has 1 unspecified atom stereocenters. The molecule has 1 fully saturated rings. The van der Waals surface area contributed by atoms with Crippen LogP contribution in [0.5, 0.6) is 0 Å². The molecule has 22 heavy (non-hydrogen) atoms. The van der Waals surface area contributed by atoms with E-state index >= 15 is 0 Å². The van der Waals surface area contributed by atoms with Crippen molar-refractivity contribution in [2.45, 2.75) is 12.5 Å². The molecule has 4 heteroatoms. The van der Waals surface area contributed by atoms with Crippen LogP contribution in [0.1, 0.15) is 6.42 Å². The van der Waals surface area contributed by atoms with Crippen molar-refractivity contribution in [3.8, 4) is 11.3 Å². The van der Waals surface area contributed by atoms with Crippen LogP contribution in [0.2, 0.25) is 0 Å². The normalized spacial score (nSPS) is 18.0. The van der Waals surface area contributed by atoms with E-state index < -0.39 is 0 Å². The highest BCUT2D eigenvalue weighted by Gasteiger charge is 2.21. The van der Waals surface area contributed by atoms with Crippen molar-refractivity contribution in [1.29, 1.82) is 0 Å². The van der Waals surface area contributed by atoms with Crippen LogP contribution in [0.25, 0.3) is 22.0 Å². The molecule has 4 rings (SSSR count). The predicted molar refractivity (Wildman–Crippen MR) is 89.8 cm³/mol. The number of hydrogen-bond donors (Lipinski definition) is 1. The van der Waals surface area contributed by atoms with Crippen molar-refractivity contribution in [1.82, 2.24) is 9.97 Å². The largest absolute Gasteiger partial charge is 0.339 e. The fraction of sp³-hybridized carbons (Fsp3) is 0.222. The third kappa shape index (κ3) is 2.42. The standard InChI is InChI=1S/C18H18N4/c19-16-8-10-22(12-16)18-20-9-7-17(21-18)15-6-5-13-3-1-2-4-14(13)11-15/h1-7,9,11,16H,8,10,12,19H2. The lowest BCUT2D eigenvalue weighted by Gasteiger charge is -2.16. The van der Waals surface area contributed by atoms with Gasteiger partial charge in [0.2, 0.25) is 5.95 Å². The van der Waals surface area contributed by atoms with E-state index in [4.69, 9.17) is 10.7 Å². The van der Waals surface area contributed by atoms with Crippen LogP contribution in [0.4, 0.5) is 5.95 Å². The van der Waals surface area contributed by atoms with Gasteiger partial charge in [-0.15, -0.1) is 0 Å². The third-order valence-electron chi connectivity index (χ3n) is 4.20. The summed E-state index contributed by atoms with van der Waals surface area (Å²) in [5.74, 6) is 0.776. The maximum atomic E-state index is 5.98. The Bertz CT molecular complexity index is 815. The molecule has 110 valence electrons. The van der Waals surface area contributed by atoms with Gasteiger partial charge in [-0.05, 0) is 29.3 Å². The summed E-state index contributed by atoms with van der Waals surface area (Å²) in [5, 5.41) is 2.47. The van der Waals surface area contributed by atoms with E-state index in [9.17, 15) is 0 Å². The van der Waals surface area contributed by atoms with Crippen molar-refractivity contribution < 1.29 is 0 Å². The zero-order valence-corrected chi connectivity index (χ0v) is 12.3. The van der Waals surface area contributed by atoms with Crippen LogP contribution in [0.3, 0.4) is 0 Å². The summed E-state index contributed by atoms with van der Waals surface area (Å²) in [6.45, 7) is 1.77. The molecule has 4 nitrogen and oxygen atoms in total. The molecular weight excluding hydrogens is 272 g/mol. The Kier molecular flexibility index (Phi) is 3.24. The Morgan fingerprint density at radius 2 is 1.91 bits per heavy atom. The first kappa shape index (κ1) is 13.2. The zero-order valence-electron chi connectivity index (χ0n) is 12.3. The number of anilines is 1. The van der Waals surface area contributed by atoms with Crippen molar-refractivity contribution in [2.24, 2.45) is 5.73 Å². The van der Waals surface area contributed by atoms with Crippen LogP contribution >= 0.6 is 0 Å². The Labute approximate surface area is 129 Å². The van der Waals surface area contributed by atoms with Crippen LogP contribution < -0.4 is 10.6 Å². The SMILES string of the molecule is NC1CCN(c2nccc(-c3ccc4ccccc4c3)n2)C1. The fourth-order valence-electron chi connectivity index (χ4n) is 2.98. The van der Waals surface area contributed by atoms with Gasteiger partial charge in [0.05, 0.1) is 5.69 Å². The molecule has 1 atom stereocenters. The van der Waals surface area contributed by atoms with Crippen LogP contribution in [-0.2, 0) is 0 Å². The molecule has 0 radical (unpaired) electrons. The van der Waals surface area contributed by atoms with E-state index in [1.807, 2.05) is 12.3 Å². The van der Waals surface area contributed by atoms with E-state index in [0.29, 0.717) is 0 Å². The molecule has 2 heterocycles. The quantitative estimate of drug-likeness (QED) is 0.788. The molecule has 2 aromatic carbocycles. The Balaban J connectivity index is 1.71. The van der Waals surface area contributed by atoms with Crippen LogP contribution in [0.15, 0.2) is 54.7 Å². The Hall–Kier alpha value is -2.46. The predicted octanol–water partition coefficient (Wildman–Crippen LogP) is 2.83. The van der Waals surface area contributed by atoms with E-state index in [1.165, 1.54) is 10.8 Å². The van der Waals surface area contributed by atoms with E-state index in [1.54, 1.807) is 0 Å². The smallest absolute Gasteiger partial charge is 0.225 e. The van der Waals surface area contributed by atoms with E-state index in [-0.39, 0.29) is 6.04 Å². The number of aromatic nitrogens is 2. The van der Waals surface area contributed by atoms with E-state index in [2.05, 4.69) is 52.3 Å². The number of hydrogen-bond acceptors (Lipinski definition) is 4. The van der Waals surface area contributed by atoms with Gasteiger partial charge < -0.3 is 10.6 Å². The zero-order chi connectivity index (χ0) is 14.9. The van der Waals surface area contributed by atoms with Gasteiger partial charge in [-0.2, -0.15) is 0 Å². The Morgan fingerprint density at radius 1 is 1.05 bits per heavy atom. The van der Waals surface area contributed by atoms with Gasteiger partial charge in [-0.25, -0.2) is 9.97 Å². The number of fused-ring (bicyclic) bond motifs is 1. The molecule has 0 amide bonds. The molecular formula is C18H18N4. The van der Waals surface area contributed by atoms with Crippen LogP contribution in [0, 0.1) is 0 Å². The van der Waals surface area contributed by atoms with Gasteiger partial charge in [0.15, 0.2) is 0 Å². The number of nitrogens with two attached hydrogens (primary N) is 1. The highest BCUT2D eigenvalue weighted by Crippen LogP contribution is 2.24. The molecule has 0 saturated carbocycles. The topological polar surface area (TPSA) is 55.0 Å². The average molecular weight is 290 g/mol. The van der Waals surface area contributed by atoms with Gasteiger partial charge >= 0.3 is 0 Å². The van der Waals surface area contributed by atoms with Gasteiger partial charge in [0.25, 0.3) is 0 Å². The van der Waals surface area contributed by atoms with Crippen molar-refractivity contribution >= 4 is 16.7 Å². The average Bonchev–Trinajstić information content (AvgIpc) is 3.01. The second-order valence-corrected chi connectivity index (χ2v) is 5.80. The third-order valence-corrected chi connectivity index (χ3v) is 4.20. The van der Waals surface area contributed by atoms with Gasteiger partial charge in [-0.3, -0.25) is 0 Å². The monoisotopic (exact) mass is 290 g/mol. The van der Waals surface area contributed by atoms with E-state index in [0.717, 1.165) is 36.7 Å². The summed E-state index contributed by atoms with van der Waals surface area (Å²) < 4.78 is 0. The van der Waals surface area contributed by atoms with Crippen molar-refractivity contribution in [3.05, 3.63) is 54.7 Å². The molecule has 0 spiro atoms. The lowest BCUT2D eigenvalue weighted by molar-refractivity contribution is 0.750. The minimum absolute atomic E-state index is 0.230. The number of benzene rings is 2. The molecule has 1 aromatic heterocycles. The van der Waals surface area contributed by atoms with Crippen molar-refractivity contribution in [3.63, 3.8) is 0 Å². The maximum Gasteiger partial charge on any atom is 0.225 e. The highest BCUT2D eigenvalue weighted by atomic mass is 15.3. The molecule has 2 N–H and O–H groups in total.